The Kier molecular flexibility index (Phi) is 7.82. The molecule has 1 aliphatic rings. The van der Waals surface area contributed by atoms with Gasteiger partial charge in [0.05, 0.1) is 12.6 Å². The minimum atomic E-state index is -0.628. The van der Waals surface area contributed by atoms with Gasteiger partial charge < -0.3 is 15.7 Å². The lowest BCUT2D eigenvalue weighted by Crippen LogP contribution is -2.45. The summed E-state index contributed by atoms with van der Waals surface area (Å²) in [6, 6.07) is 7.81. The second kappa shape index (κ2) is 9.87. The standard InChI is InChI=1S/C18H29ClN4O/c1-3-20-18(21-12-16-6-5-11-23(16)4-2)22-13-17(24)14-7-9-15(19)10-8-14/h7-10,16-17,24H,3-6,11-13H2,1-2H3,(H2,20,21,22). The summed E-state index contributed by atoms with van der Waals surface area (Å²) < 4.78 is 0. The number of likely N-dealkylation sites (tertiary alicyclic amines) is 1. The number of aliphatic imine (C=N–C) groups is 1. The molecule has 134 valence electrons. The Labute approximate surface area is 150 Å². The highest BCUT2D eigenvalue weighted by molar-refractivity contribution is 6.30. The molecule has 1 aliphatic heterocycles. The molecule has 1 fully saturated rings. The fourth-order valence-corrected chi connectivity index (χ4v) is 3.19. The molecule has 0 aliphatic carbocycles. The topological polar surface area (TPSA) is 59.9 Å². The van der Waals surface area contributed by atoms with Gasteiger partial charge >= 0.3 is 0 Å². The Bertz CT molecular complexity index is 520. The van der Waals surface area contributed by atoms with Crippen molar-refractivity contribution >= 4 is 17.6 Å². The molecule has 2 atom stereocenters. The molecule has 0 aromatic heterocycles. The molecule has 1 saturated heterocycles. The van der Waals surface area contributed by atoms with Crippen molar-refractivity contribution in [3.63, 3.8) is 0 Å². The lowest BCUT2D eigenvalue weighted by atomic mass is 10.1. The number of hydrogen-bond acceptors (Lipinski definition) is 3. The van der Waals surface area contributed by atoms with Crippen molar-refractivity contribution in [1.29, 1.82) is 0 Å². The van der Waals surface area contributed by atoms with Crippen molar-refractivity contribution in [2.45, 2.75) is 38.8 Å². The highest BCUT2D eigenvalue weighted by Gasteiger charge is 2.22. The number of nitrogens with zero attached hydrogens (tertiary/aromatic N) is 2. The number of aliphatic hydroxyl groups is 1. The quantitative estimate of drug-likeness (QED) is 0.521. The highest BCUT2D eigenvalue weighted by atomic mass is 35.5. The van der Waals surface area contributed by atoms with E-state index in [9.17, 15) is 5.11 Å². The second-order valence-electron chi connectivity index (χ2n) is 6.09. The number of hydrogen-bond donors (Lipinski definition) is 3. The summed E-state index contributed by atoms with van der Waals surface area (Å²) in [6.07, 6.45) is 1.87. The van der Waals surface area contributed by atoms with E-state index >= 15 is 0 Å². The normalized spacial score (nSPS) is 20.2. The maximum Gasteiger partial charge on any atom is 0.191 e. The van der Waals surface area contributed by atoms with Gasteiger partial charge in [-0.2, -0.15) is 0 Å². The number of benzene rings is 1. The van der Waals surface area contributed by atoms with E-state index in [4.69, 9.17) is 11.6 Å². The monoisotopic (exact) mass is 352 g/mol. The number of likely N-dealkylation sites (N-methyl/N-ethyl adjacent to an activating group) is 1. The summed E-state index contributed by atoms with van der Waals surface area (Å²) in [6.45, 7) is 8.53. The molecule has 0 radical (unpaired) electrons. The summed E-state index contributed by atoms with van der Waals surface area (Å²) in [5, 5.41) is 17.6. The summed E-state index contributed by atoms with van der Waals surface area (Å²) in [4.78, 5) is 7.02. The molecule has 2 unspecified atom stereocenters. The van der Waals surface area contributed by atoms with E-state index in [-0.39, 0.29) is 0 Å². The molecule has 0 spiro atoms. The van der Waals surface area contributed by atoms with Gasteiger partial charge in [0.25, 0.3) is 0 Å². The van der Waals surface area contributed by atoms with Crippen LogP contribution in [-0.2, 0) is 0 Å². The van der Waals surface area contributed by atoms with Gasteiger partial charge in [-0.3, -0.25) is 9.89 Å². The van der Waals surface area contributed by atoms with Crippen LogP contribution >= 0.6 is 11.6 Å². The molecule has 0 bridgehead atoms. The molecule has 1 aromatic rings. The third-order valence-electron chi connectivity index (χ3n) is 4.43. The fourth-order valence-electron chi connectivity index (χ4n) is 3.07. The molecule has 5 nitrogen and oxygen atoms in total. The number of aliphatic hydroxyl groups excluding tert-OH is 1. The van der Waals surface area contributed by atoms with Crippen LogP contribution in [0.25, 0.3) is 0 Å². The number of halogens is 1. The predicted molar refractivity (Wildman–Crippen MR) is 101 cm³/mol. The zero-order valence-corrected chi connectivity index (χ0v) is 15.4. The Morgan fingerprint density at radius 1 is 1.33 bits per heavy atom. The van der Waals surface area contributed by atoms with Crippen molar-refractivity contribution in [2.24, 2.45) is 4.99 Å². The molecule has 24 heavy (non-hydrogen) atoms. The van der Waals surface area contributed by atoms with Crippen molar-refractivity contribution in [2.75, 3.05) is 32.7 Å². The van der Waals surface area contributed by atoms with Crippen LogP contribution in [-0.4, -0.2) is 54.7 Å². The Hall–Kier alpha value is -1.30. The van der Waals surface area contributed by atoms with Crippen molar-refractivity contribution in [3.05, 3.63) is 34.9 Å². The largest absolute Gasteiger partial charge is 0.386 e. The van der Waals surface area contributed by atoms with E-state index in [0.717, 1.165) is 31.2 Å². The number of rotatable bonds is 7. The molecular formula is C18H29ClN4O. The lowest BCUT2D eigenvalue weighted by molar-refractivity contribution is 0.187. The molecule has 2 rings (SSSR count). The molecule has 1 aromatic carbocycles. The predicted octanol–water partition coefficient (Wildman–Crippen LogP) is 2.41. The minimum absolute atomic E-state index is 0.319. The summed E-state index contributed by atoms with van der Waals surface area (Å²) in [5.41, 5.74) is 0.826. The third kappa shape index (κ3) is 5.65. The van der Waals surface area contributed by atoms with E-state index in [1.54, 1.807) is 12.1 Å². The van der Waals surface area contributed by atoms with Crippen LogP contribution in [0.2, 0.25) is 5.02 Å². The van der Waals surface area contributed by atoms with E-state index in [2.05, 4.69) is 27.4 Å². The first kappa shape index (κ1) is 19.0. The van der Waals surface area contributed by atoms with Gasteiger partial charge in [0.2, 0.25) is 0 Å². The summed E-state index contributed by atoms with van der Waals surface area (Å²) >= 11 is 5.88. The van der Waals surface area contributed by atoms with Gasteiger partial charge in [0.15, 0.2) is 5.96 Å². The fraction of sp³-hybridized carbons (Fsp3) is 0.611. The van der Waals surface area contributed by atoms with Gasteiger partial charge in [-0.15, -0.1) is 0 Å². The van der Waals surface area contributed by atoms with E-state index in [0.29, 0.717) is 17.6 Å². The van der Waals surface area contributed by atoms with Crippen LogP contribution in [0.5, 0.6) is 0 Å². The van der Waals surface area contributed by atoms with E-state index in [1.807, 2.05) is 19.1 Å². The molecule has 0 amide bonds. The number of guanidine groups is 1. The Morgan fingerprint density at radius 2 is 2.08 bits per heavy atom. The highest BCUT2D eigenvalue weighted by Crippen LogP contribution is 2.17. The van der Waals surface area contributed by atoms with Crippen molar-refractivity contribution in [3.8, 4) is 0 Å². The van der Waals surface area contributed by atoms with E-state index in [1.165, 1.54) is 19.4 Å². The van der Waals surface area contributed by atoms with Gasteiger partial charge in [0, 0.05) is 24.2 Å². The lowest BCUT2D eigenvalue weighted by Gasteiger charge is -2.24. The van der Waals surface area contributed by atoms with Gasteiger partial charge in [-0.25, -0.2) is 0 Å². The Balaban J connectivity index is 1.88. The van der Waals surface area contributed by atoms with Crippen LogP contribution in [0.4, 0.5) is 0 Å². The van der Waals surface area contributed by atoms with Crippen LogP contribution in [0.3, 0.4) is 0 Å². The molecule has 3 N–H and O–H groups in total. The van der Waals surface area contributed by atoms with Crippen LogP contribution in [0.15, 0.2) is 29.3 Å². The zero-order valence-electron chi connectivity index (χ0n) is 14.6. The first-order valence-electron chi connectivity index (χ1n) is 8.83. The SMILES string of the molecule is CCNC(=NCC(O)c1ccc(Cl)cc1)NCC1CCCN1CC. The van der Waals surface area contributed by atoms with Crippen molar-refractivity contribution in [1.82, 2.24) is 15.5 Å². The maximum atomic E-state index is 10.3. The van der Waals surface area contributed by atoms with Crippen LogP contribution in [0, 0.1) is 0 Å². The smallest absolute Gasteiger partial charge is 0.191 e. The zero-order chi connectivity index (χ0) is 17.4. The van der Waals surface area contributed by atoms with Gasteiger partial charge in [-0.1, -0.05) is 30.7 Å². The molecular weight excluding hydrogens is 324 g/mol. The first-order chi connectivity index (χ1) is 11.6. The van der Waals surface area contributed by atoms with Gasteiger partial charge in [-0.05, 0) is 50.6 Å². The minimum Gasteiger partial charge on any atom is -0.386 e. The maximum absolute atomic E-state index is 10.3. The molecule has 1 heterocycles. The summed E-state index contributed by atoms with van der Waals surface area (Å²) in [7, 11) is 0. The van der Waals surface area contributed by atoms with Crippen molar-refractivity contribution < 1.29 is 5.11 Å². The third-order valence-corrected chi connectivity index (χ3v) is 4.68. The molecule has 0 saturated carbocycles. The second-order valence-corrected chi connectivity index (χ2v) is 6.53. The average molecular weight is 353 g/mol. The summed E-state index contributed by atoms with van der Waals surface area (Å²) in [5.74, 6) is 0.758. The molecule has 6 heteroatoms. The van der Waals surface area contributed by atoms with Gasteiger partial charge in [0.1, 0.15) is 0 Å². The van der Waals surface area contributed by atoms with Crippen LogP contribution < -0.4 is 10.6 Å². The Morgan fingerprint density at radius 3 is 2.75 bits per heavy atom. The first-order valence-corrected chi connectivity index (χ1v) is 9.21. The van der Waals surface area contributed by atoms with E-state index < -0.39 is 6.10 Å². The average Bonchev–Trinajstić information content (AvgIpc) is 3.05. The van der Waals surface area contributed by atoms with Crippen LogP contribution in [0.1, 0.15) is 38.4 Å². The number of nitrogens with one attached hydrogen (secondary N) is 2.